The highest BCUT2D eigenvalue weighted by Crippen LogP contribution is 2.30. The summed E-state index contributed by atoms with van der Waals surface area (Å²) in [6, 6.07) is 11.5. The van der Waals surface area contributed by atoms with Crippen molar-refractivity contribution in [2.24, 2.45) is 5.92 Å². The van der Waals surface area contributed by atoms with Crippen LogP contribution >= 0.6 is 0 Å². The second-order valence-electron chi connectivity index (χ2n) is 6.47. The largest absolute Gasteiger partial charge is 0.494 e. The lowest BCUT2D eigenvalue weighted by atomic mass is 10.1. The number of amides is 2. The van der Waals surface area contributed by atoms with Gasteiger partial charge in [-0.15, -0.1) is 0 Å². The molecule has 1 aliphatic carbocycles. The van der Waals surface area contributed by atoms with Crippen molar-refractivity contribution >= 4 is 17.5 Å². The molecule has 26 heavy (non-hydrogen) atoms. The molecular weight excluding hydrogens is 335 g/mol. The zero-order valence-electron chi connectivity index (χ0n) is 14.8. The third-order valence-corrected chi connectivity index (χ3v) is 4.31. The van der Waals surface area contributed by atoms with E-state index in [-0.39, 0.29) is 30.0 Å². The second-order valence-corrected chi connectivity index (χ2v) is 6.47. The number of nitrogens with one attached hydrogen (secondary N) is 1. The zero-order valence-corrected chi connectivity index (χ0v) is 14.8. The Morgan fingerprint density at radius 3 is 2.65 bits per heavy atom. The minimum Gasteiger partial charge on any atom is -0.494 e. The van der Waals surface area contributed by atoms with Crippen LogP contribution < -0.4 is 10.1 Å². The molecule has 0 atom stereocenters. The maximum absolute atomic E-state index is 13.8. The lowest BCUT2D eigenvalue weighted by Crippen LogP contribution is -2.26. The molecule has 2 amide bonds. The van der Waals surface area contributed by atoms with E-state index in [0.717, 1.165) is 12.8 Å². The van der Waals surface area contributed by atoms with Gasteiger partial charge in [-0.25, -0.2) is 4.39 Å². The molecule has 136 valence electrons. The van der Waals surface area contributed by atoms with E-state index in [1.54, 1.807) is 37.4 Å². The predicted octanol–water partition coefficient (Wildman–Crippen LogP) is 3.46. The minimum absolute atomic E-state index is 0.00309. The molecule has 2 aromatic carbocycles. The molecule has 0 spiro atoms. The molecule has 1 saturated carbocycles. The van der Waals surface area contributed by atoms with Crippen LogP contribution in [0.1, 0.15) is 28.8 Å². The quantitative estimate of drug-likeness (QED) is 0.862. The Hall–Kier alpha value is -2.89. The molecule has 0 aromatic heterocycles. The van der Waals surface area contributed by atoms with Crippen LogP contribution in [0.2, 0.25) is 0 Å². The highest BCUT2D eigenvalue weighted by Gasteiger charge is 2.29. The van der Waals surface area contributed by atoms with Gasteiger partial charge in [0.25, 0.3) is 5.91 Å². The summed E-state index contributed by atoms with van der Waals surface area (Å²) in [5.74, 6) is -0.403. The van der Waals surface area contributed by atoms with Crippen molar-refractivity contribution in [2.45, 2.75) is 19.4 Å². The summed E-state index contributed by atoms with van der Waals surface area (Å²) in [6.45, 7) is 0.262. The summed E-state index contributed by atoms with van der Waals surface area (Å²) < 4.78 is 18.7. The van der Waals surface area contributed by atoms with Crippen LogP contribution in [-0.2, 0) is 11.3 Å². The van der Waals surface area contributed by atoms with E-state index < -0.39 is 5.82 Å². The SMILES string of the molecule is COc1ccc(CN(C)C(=O)c2cccc(NC(=O)C3CC3)c2)cc1F. The first kappa shape index (κ1) is 17.9. The fourth-order valence-corrected chi connectivity index (χ4v) is 2.69. The number of hydrogen-bond acceptors (Lipinski definition) is 3. The van der Waals surface area contributed by atoms with Crippen LogP contribution in [0.3, 0.4) is 0 Å². The van der Waals surface area contributed by atoms with Crippen molar-refractivity contribution in [3.63, 3.8) is 0 Å². The molecule has 0 aliphatic heterocycles. The molecular formula is C20H21FN2O3. The molecule has 0 radical (unpaired) electrons. The summed E-state index contributed by atoms with van der Waals surface area (Å²) in [6.07, 6.45) is 1.84. The lowest BCUT2D eigenvalue weighted by Gasteiger charge is -2.18. The van der Waals surface area contributed by atoms with Crippen LogP contribution in [0, 0.1) is 11.7 Å². The molecule has 0 saturated heterocycles. The molecule has 6 heteroatoms. The van der Waals surface area contributed by atoms with Crippen LogP contribution in [0.15, 0.2) is 42.5 Å². The van der Waals surface area contributed by atoms with Gasteiger partial charge in [0.2, 0.25) is 5.91 Å². The van der Waals surface area contributed by atoms with Gasteiger partial charge in [-0.05, 0) is 48.7 Å². The Kier molecular flexibility index (Phi) is 5.21. The predicted molar refractivity (Wildman–Crippen MR) is 96.5 cm³/mol. The highest BCUT2D eigenvalue weighted by atomic mass is 19.1. The van der Waals surface area contributed by atoms with Crippen molar-refractivity contribution in [2.75, 3.05) is 19.5 Å². The number of ether oxygens (including phenoxy) is 1. The van der Waals surface area contributed by atoms with Crippen molar-refractivity contribution < 1.29 is 18.7 Å². The normalized spacial score (nSPS) is 13.2. The van der Waals surface area contributed by atoms with Crippen LogP contribution in [0.4, 0.5) is 10.1 Å². The van der Waals surface area contributed by atoms with Gasteiger partial charge in [-0.2, -0.15) is 0 Å². The first-order valence-electron chi connectivity index (χ1n) is 8.46. The van der Waals surface area contributed by atoms with E-state index in [0.29, 0.717) is 16.8 Å². The molecule has 0 bridgehead atoms. The van der Waals surface area contributed by atoms with Crippen LogP contribution in [-0.4, -0.2) is 30.9 Å². The molecule has 3 rings (SSSR count). The molecule has 0 unspecified atom stereocenters. The molecule has 1 aliphatic rings. The van der Waals surface area contributed by atoms with E-state index in [4.69, 9.17) is 4.74 Å². The summed E-state index contributed by atoms with van der Waals surface area (Å²) in [5.41, 5.74) is 1.74. The van der Waals surface area contributed by atoms with E-state index >= 15 is 0 Å². The standard InChI is InChI=1S/C20H21FN2O3/c1-23(12-13-6-9-18(26-2)17(21)10-13)20(25)15-4-3-5-16(11-15)22-19(24)14-7-8-14/h3-6,9-11,14H,7-8,12H2,1-2H3,(H,22,24). The number of hydrogen-bond donors (Lipinski definition) is 1. The first-order chi connectivity index (χ1) is 12.5. The van der Waals surface area contributed by atoms with Crippen molar-refractivity contribution in [1.29, 1.82) is 0 Å². The second kappa shape index (κ2) is 7.56. The van der Waals surface area contributed by atoms with Crippen LogP contribution in [0.25, 0.3) is 0 Å². The van der Waals surface area contributed by atoms with E-state index in [1.165, 1.54) is 24.1 Å². The number of rotatable bonds is 6. The van der Waals surface area contributed by atoms with Gasteiger partial charge >= 0.3 is 0 Å². The van der Waals surface area contributed by atoms with E-state index in [9.17, 15) is 14.0 Å². The first-order valence-corrected chi connectivity index (χ1v) is 8.46. The molecule has 1 N–H and O–H groups in total. The Morgan fingerprint density at radius 1 is 1.23 bits per heavy atom. The van der Waals surface area contributed by atoms with E-state index in [1.807, 2.05) is 0 Å². The van der Waals surface area contributed by atoms with Crippen LogP contribution in [0.5, 0.6) is 5.75 Å². The Balaban J connectivity index is 1.67. The fourth-order valence-electron chi connectivity index (χ4n) is 2.69. The van der Waals surface area contributed by atoms with Crippen molar-refractivity contribution in [3.8, 4) is 5.75 Å². The molecule has 1 fully saturated rings. The zero-order chi connectivity index (χ0) is 18.7. The monoisotopic (exact) mass is 356 g/mol. The number of halogens is 1. The molecule has 5 nitrogen and oxygen atoms in total. The fraction of sp³-hybridized carbons (Fsp3) is 0.300. The van der Waals surface area contributed by atoms with Gasteiger partial charge in [0, 0.05) is 30.8 Å². The highest BCUT2D eigenvalue weighted by molar-refractivity contribution is 5.98. The molecule has 2 aromatic rings. The minimum atomic E-state index is -0.462. The smallest absolute Gasteiger partial charge is 0.253 e. The van der Waals surface area contributed by atoms with Gasteiger partial charge < -0.3 is 15.0 Å². The maximum Gasteiger partial charge on any atom is 0.253 e. The average Bonchev–Trinajstić information content (AvgIpc) is 3.46. The number of benzene rings is 2. The summed E-state index contributed by atoms with van der Waals surface area (Å²) >= 11 is 0. The van der Waals surface area contributed by atoms with Gasteiger partial charge in [0.05, 0.1) is 7.11 Å². The average molecular weight is 356 g/mol. The summed E-state index contributed by atoms with van der Waals surface area (Å²) in [4.78, 5) is 26.0. The maximum atomic E-state index is 13.8. The number of carbonyl (C=O) groups is 2. The molecule has 0 heterocycles. The van der Waals surface area contributed by atoms with Gasteiger partial charge in [-0.1, -0.05) is 12.1 Å². The van der Waals surface area contributed by atoms with Crippen molar-refractivity contribution in [1.82, 2.24) is 4.90 Å². The van der Waals surface area contributed by atoms with Gasteiger partial charge in [-0.3, -0.25) is 9.59 Å². The third-order valence-electron chi connectivity index (χ3n) is 4.31. The lowest BCUT2D eigenvalue weighted by molar-refractivity contribution is -0.117. The van der Waals surface area contributed by atoms with E-state index in [2.05, 4.69) is 5.32 Å². The third kappa shape index (κ3) is 4.20. The Bertz CT molecular complexity index is 834. The van der Waals surface area contributed by atoms with Crippen molar-refractivity contribution in [3.05, 3.63) is 59.4 Å². The van der Waals surface area contributed by atoms with Gasteiger partial charge in [0.15, 0.2) is 11.6 Å². The number of methoxy groups -OCH3 is 1. The number of anilines is 1. The Morgan fingerprint density at radius 2 is 2.00 bits per heavy atom. The number of carbonyl (C=O) groups excluding carboxylic acids is 2. The number of nitrogens with zero attached hydrogens (tertiary/aromatic N) is 1. The van der Waals surface area contributed by atoms with Gasteiger partial charge in [0.1, 0.15) is 0 Å². The summed E-state index contributed by atoms with van der Waals surface area (Å²) in [7, 11) is 3.06. The topological polar surface area (TPSA) is 58.6 Å². The summed E-state index contributed by atoms with van der Waals surface area (Å²) in [5, 5.41) is 2.83. The Labute approximate surface area is 151 Å².